The number of hydrogen-bond donors (Lipinski definition) is 0. The van der Waals surface area contributed by atoms with Gasteiger partial charge in [0.15, 0.2) is 0 Å². The van der Waals surface area contributed by atoms with Gasteiger partial charge in [-0.3, -0.25) is 9.59 Å². The van der Waals surface area contributed by atoms with Crippen molar-refractivity contribution in [3.63, 3.8) is 0 Å². The van der Waals surface area contributed by atoms with Crippen LogP contribution in [0.2, 0.25) is 0 Å². The van der Waals surface area contributed by atoms with E-state index in [2.05, 4.69) is 0 Å². The van der Waals surface area contributed by atoms with E-state index in [4.69, 9.17) is 4.74 Å². The number of rotatable bonds is 1. The molecule has 0 aromatic heterocycles. The Morgan fingerprint density at radius 2 is 2.31 bits per heavy atom. The molecule has 0 amide bonds. The molecule has 0 N–H and O–H groups in total. The lowest BCUT2D eigenvalue weighted by atomic mass is 9.63. The maximum atomic E-state index is 11.3. The zero-order chi connectivity index (χ0) is 9.42. The molecule has 2 rings (SSSR count). The summed E-state index contributed by atoms with van der Waals surface area (Å²) in [6, 6.07) is 0. The normalized spacial score (nSPS) is 37.6. The minimum atomic E-state index is -0.221. The number of esters is 1. The standard InChI is InChI=1S/C10H14O3/c1-6(11)13-10-5-8-7(10)3-2-4-9(8)12/h7-8,10H,2-5H2,1H3. The summed E-state index contributed by atoms with van der Waals surface area (Å²) >= 11 is 0. The molecule has 2 aliphatic carbocycles. The Kier molecular flexibility index (Phi) is 2.10. The number of fused-ring (bicyclic) bond motifs is 1. The Morgan fingerprint density at radius 3 is 3.00 bits per heavy atom. The topological polar surface area (TPSA) is 43.4 Å². The van der Waals surface area contributed by atoms with Gasteiger partial charge in [-0.05, 0) is 19.3 Å². The molecule has 2 aliphatic rings. The third-order valence-electron chi connectivity index (χ3n) is 3.17. The van der Waals surface area contributed by atoms with Crippen molar-refractivity contribution in [2.24, 2.45) is 11.8 Å². The van der Waals surface area contributed by atoms with Gasteiger partial charge in [0.25, 0.3) is 0 Å². The number of carbonyl (C=O) groups excluding carboxylic acids is 2. The summed E-state index contributed by atoms with van der Waals surface area (Å²) in [5, 5.41) is 0. The zero-order valence-corrected chi connectivity index (χ0v) is 7.79. The average molecular weight is 182 g/mol. The lowest BCUT2D eigenvalue weighted by molar-refractivity contribution is -0.168. The van der Waals surface area contributed by atoms with E-state index in [0.717, 1.165) is 25.7 Å². The molecular weight excluding hydrogens is 168 g/mol. The molecule has 0 bridgehead atoms. The van der Waals surface area contributed by atoms with Crippen LogP contribution in [0.1, 0.15) is 32.6 Å². The van der Waals surface area contributed by atoms with Crippen molar-refractivity contribution in [2.75, 3.05) is 0 Å². The van der Waals surface area contributed by atoms with Gasteiger partial charge in [0, 0.05) is 25.2 Å². The Morgan fingerprint density at radius 1 is 1.54 bits per heavy atom. The fourth-order valence-electron chi connectivity index (χ4n) is 2.47. The first kappa shape index (κ1) is 8.73. The maximum Gasteiger partial charge on any atom is 0.302 e. The number of Topliss-reactive ketones (excluding diaryl/α,β-unsaturated/α-hetero) is 1. The lowest BCUT2D eigenvalue weighted by Gasteiger charge is -2.45. The highest BCUT2D eigenvalue weighted by Crippen LogP contribution is 2.44. The van der Waals surface area contributed by atoms with Crippen molar-refractivity contribution in [3.05, 3.63) is 0 Å². The summed E-state index contributed by atoms with van der Waals surface area (Å²) in [4.78, 5) is 22.0. The van der Waals surface area contributed by atoms with Crippen LogP contribution in [0.25, 0.3) is 0 Å². The molecule has 3 heteroatoms. The molecule has 3 unspecified atom stereocenters. The predicted molar refractivity (Wildman–Crippen MR) is 46.0 cm³/mol. The van der Waals surface area contributed by atoms with Crippen LogP contribution in [0.5, 0.6) is 0 Å². The van der Waals surface area contributed by atoms with Crippen molar-refractivity contribution in [3.8, 4) is 0 Å². The van der Waals surface area contributed by atoms with Gasteiger partial charge < -0.3 is 4.74 Å². The summed E-state index contributed by atoms with van der Waals surface area (Å²) in [6.45, 7) is 1.43. The molecule has 0 radical (unpaired) electrons. The molecule has 0 aromatic rings. The molecule has 0 spiro atoms. The van der Waals surface area contributed by atoms with Crippen molar-refractivity contribution < 1.29 is 14.3 Å². The lowest BCUT2D eigenvalue weighted by Crippen LogP contribution is -2.49. The van der Waals surface area contributed by atoms with Crippen LogP contribution in [0.15, 0.2) is 0 Å². The van der Waals surface area contributed by atoms with Crippen LogP contribution in [0.4, 0.5) is 0 Å². The van der Waals surface area contributed by atoms with Crippen LogP contribution >= 0.6 is 0 Å². The van der Waals surface area contributed by atoms with Gasteiger partial charge in [-0.15, -0.1) is 0 Å². The number of hydrogen-bond acceptors (Lipinski definition) is 3. The highest BCUT2D eigenvalue weighted by molar-refractivity contribution is 5.83. The first-order valence-corrected chi connectivity index (χ1v) is 4.88. The minimum Gasteiger partial charge on any atom is -0.462 e. The van der Waals surface area contributed by atoms with E-state index in [9.17, 15) is 9.59 Å². The minimum absolute atomic E-state index is 0.0340. The molecule has 2 fully saturated rings. The average Bonchev–Trinajstić information content (AvgIpc) is 2.03. The van der Waals surface area contributed by atoms with E-state index >= 15 is 0 Å². The Bertz CT molecular complexity index is 247. The monoisotopic (exact) mass is 182 g/mol. The summed E-state index contributed by atoms with van der Waals surface area (Å²) in [5.74, 6) is 0.698. The highest BCUT2D eigenvalue weighted by atomic mass is 16.5. The molecule has 13 heavy (non-hydrogen) atoms. The largest absolute Gasteiger partial charge is 0.462 e. The zero-order valence-electron chi connectivity index (χ0n) is 7.79. The van der Waals surface area contributed by atoms with Crippen LogP contribution in [0, 0.1) is 11.8 Å². The van der Waals surface area contributed by atoms with E-state index in [0.29, 0.717) is 11.7 Å². The molecular formula is C10H14O3. The second-order valence-electron chi connectivity index (χ2n) is 4.01. The van der Waals surface area contributed by atoms with Crippen molar-refractivity contribution in [1.82, 2.24) is 0 Å². The van der Waals surface area contributed by atoms with Crippen molar-refractivity contribution in [2.45, 2.75) is 38.7 Å². The van der Waals surface area contributed by atoms with E-state index in [1.165, 1.54) is 6.92 Å². The molecule has 0 aliphatic heterocycles. The summed E-state index contributed by atoms with van der Waals surface area (Å²) in [5.41, 5.74) is 0. The van der Waals surface area contributed by atoms with Crippen LogP contribution in [0.3, 0.4) is 0 Å². The summed E-state index contributed by atoms with van der Waals surface area (Å²) in [6.07, 6.45) is 3.55. The number of ether oxygens (including phenoxy) is 1. The van der Waals surface area contributed by atoms with Gasteiger partial charge in [0.1, 0.15) is 11.9 Å². The van der Waals surface area contributed by atoms with E-state index in [1.54, 1.807) is 0 Å². The van der Waals surface area contributed by atoms with Gasteiger partial charge in [0.05, 0.1) is 0 Å². The molecule has 3 nitrogen and oxygen atoms in total. The number of ketones is 1. The van der Waals surface area contributed by atoms with Crippen LogP contribution in [-0.2, 0) is 14.3 Å². The Balaban J connectivity index is 1.93. The van der Waals surface area contributed by atoms with Gasteiger partial charge in [0.2, 0.25) is 0 Å². The van der Waals surface area contributed by atoms with Gasteiger partial charge in [-0.25, -0.2) is 0 Å². The second kappa shape index (κ2) is 3.13. The smallest absolute Gasteiger partial charge is 0.302 e. The molecule has 0 heterocycles. The third kappa shape index (κ3) is 1.47. The van der Waals surface area contributed by atoms with E-state index < -0.39 is 0 Å². The first-order chi connectivity index (χ1) is 6.18. The van der Waals surface area contributed by atoms with E-state index in [1.807, 2.05) is 0 Å². The van der Waals surface area contributed by atoms with Crippen molar-refractivity contribution >= 4 is 11.8 Å². The van der Waals surface area contributed by atoms with E-state index in [-0.39, 0.29) is 18.0 Å². The third-order valence-corrected chi connectivity index (χ3v) is 3.17. The van der Waals surface area contributed by atoms with Gasteiger partial charge in [-0.2, -0.15) is 0 Å². The molecule has 0 saturated heterocycles. The summed E-state index contributed by atoms with van der Waals surface area (Å²) < 4.78 is 5.11. The molecule has 3 atom stereocenters. The second-order valence-corrected chi connectivity index (χ2v) is 4.01. The summed E-state index contributed by atoms with van der Waals surface area (Å²) in [7, 11) is 0. The number of carbonyl (C=O) groups is 2. The quantitative estimate of drug-likeness (QED) is 0.574. The highest BCUT2D eigenvalue weighted by Gasteiger charge is 2.48. The van der Waals surface area contributed by atoms with Crippen LogP contribution in [-0.4, -0.2) is 17.9 Å². The predicted octanol–water partition coefficient (Wildman–Crippen LogP) is 1.31. The fraction of sp³-hybridized carbons (Fsp3) is 0.800. The maximum absolute atomic E-state index is 11.3. The van der Waals surface area contributed by atoms with Crippen LogP contribution < -0.4 is 0 Å². The Hall–Kier alpha value is -0.860. The molecule has 72 valence electrons. The molecule has 2 saturated carbocycles. The van der Waals surface area contributed by atoms with Crippen molar-refractivity contribution in [1.29, 1.82) is 0 Å². The molecule has 0 aromatic carbocycles. The SMILES string of the molecule is CC(=O)OC1CC2C(=O)CCCC12. The fourth-order valence-corrected chi connectivity index (χ4v) is 2.47. The Labute approximate surface area is 77.4 Å². The first-order valence-electron chi connectivity index (χ1n) is 4.88. The van der Waals surface area contributed by atoms with Gasteiger partial charge in [-0.1, -0.05) is 0 Å². The van der Waals surface area contributed by atoms with Gasteiger partial charge >= 0.3 is 5.97 Å².